The Labute approximate surface area is 111 Å². The number of nitrogens with zero attached hydrogens (tertiary/aromatic N) is 3. The van der Waals surface area contributed by atoms with E-state index in [0.717, 1.165) is 24.1 Å². The third kappa shape index (κ3) is 2.28. The van der Waals surface area contributed by atoms with E-state index in [2.05, 4.69) is 10.4 Å². The van der Waals surface area contributed by atoms with Crippen molar-refractivity contribution in [1.29, 1.82) is 0 Å². The molecule has 1 saturated carbocycles. The smallest absolute Gasteiger partial charge is 0.247 e. The van der Waals surface area contributed by atoms with Crippen LogP contribution in [0.15, 0.2) is 6.20 Å². The lowest BCUT2D eigenvalue weighted by atomic mass is 10.2. The summed E-state index contributed by atoms with van der Waals surface area (Å²) in [5.41, 5.74) is 2.01. The molecule has 6 heteroatoms. The number of carbonyl (C=O) groups excluding carboxylic acids is 2. The van der Waals surface area contributed by atoms with Gasteiger partial charge in [-0.1, -0.05) is 0 Å². The van der Waals surface area contributed by atoms with Gasteiger partial charge in [0.05, 0.1) is 18.2 Å². The van der Waals surface area contributed by atoms with Gasteiger partial charge >= 0.3 is 0 Å². The van der Waals surface area contributed by atoms with Crippen molar-refractivity contribution in [1.82, 2.24) is 20.0 Å². The summed E-state index contributed by atoms with van der Waals surface area (Å²) in [7, 11) is 1.87. The van der Waals surface area contributed by atoms with Gasteiger partial charge in [-0.2, -0.15) is 5.10 Å². The lowest BCUT2D eigenvalue weighted by Gasteiger charge is -2.14. The highest BCUT2D eigenvalue weighted by Crippen LogP contribution is 2.31. The average Bonchev–Trinajstić information content (AvgIpc) is 3.05. The van der Waals surface area contributed by atoms with Crippen molar-refractivity contribution in [3.63, 3.8) is 0 Å². The number of nitrogens with one attached hydrogen (secondary N) is 1. The van der Waals surface area contributed by atoms with Gasteiger partial charge in [0, 0.05) is 31.4 Å². The zero-order valence-corrected chi connectivity index (χ0v) is 11.2. The molecule has 1 unspecified atom stereocenters. The minimum atomic E-state index is -0.368. The summed E-state index contributed by atoms with van der Waals surface area (Å²) in [5.74, 6) is -0.0954. The molecular weight excluding hydrogens is 244 g/mol. The summed E-state index contributed by atoms with van der Waals surface area (Å²) in [4.78, 5) is 25.4. The number of imide groups is 1. The Bertz CT molecular complexity index is 533. The summed E-state index contributed by atoms with van der Waals surface area (Å²) in [6.45, 7) is 2.51. The monoisotopic (exact) mass is 262 g/mol. The highest BCUT2D eigenvalue weighted by Gasteiger charge is 2.45. The third-order valence-electron chi connectivity index (χ3n) is 3.75. The van der Waals surface area contributed by atoms with Crippen LogP contribution in [0.4, 0.5) is 0 Å². The molecule has 1 aliphatic carbocycles. The summed E-state index contributed by atoms with van der Waals surface area (Å²) in [6.07, 6.45) is 4.15. The molecule has 0 spiro atoms. The molecule has 1 atom stereocenters. The molecule has 1 saturated heterocycles. The minimum absolute atomic E-state index is 0.0343. The first-order valence-electron chi connectivity index (χ1n) is 6.64. The van der Waals surface area contributed by atoms with Gasteiger partial charge in [0.2, 0.25) is 11.8 Å². The highest BCUT2D eigenvalue weighted by atomic mass is 16.2. The van der Waals surface area contributed by atoms with Gasteiger partial charge in [0.1, 0.15) is 0 Å². The maximum atomic E-state index is 12.1. The summed E-state index contributed by atoms with van der Waals surface area (Å²) in [6, 6.07) is -0.195. The SMILES string of the molecule is Cc1nn(C)cc1CNC1CC(=O)N(C2CC2)C1=O. The van der Waals surface area contributed by atoms with Crippen LogP contribution in [-0.4, -0.2) is 38.6 Å². The van der Waals surface area contributed by atoms with E-state index in [0.29, 0.717) is 6.54 Å². The molecule has 2 heterocycles. The molecule has 2 aliphatic rings. The van der Waals surface area contributed by atoms with Crippen LogP contribution in [0.25, 0.3) is 0 Å². The molecule has 1 aliphatic heterocycles. The van der Waals surface area contributed by atoms with E-state index in [4.69, 9.17) is 0 Å². The van der Waals surface area contributed by atoms with E-state index in [1.807, 2.05) is 20.2 Å². The predicted molar refractivity (Wildman–Crippen MR) is 68.1 cm³/mol. The van der Waals surface area contributed by atoms with Crippen LogP contribution in [-0.2, 0) is 23.2 Å². The Balaban J connectivity index is 1.63. The number of amides is 2. The van der Waals surface area contributed by atoms with Crippen LogP contribution in [0.5, 0.6) is 0 Å². The Morgan fingerprint density at radius 2 is 2.16 bits per heavy atom. The Hall–Kier alpha value is -1.69. The van der Waals surface area contributed by atoms with Crippen molar-refractivity contribution in [2.75, 3.05) is 0 Å². The lowest BCUT2D eigenvalue weighted by molar-refractivity contribution is -0.139. The predicted octanol–water partition coefficient (Wildman–Crippen LogP) is 0.108. The van der Waals surface area contributed by atoms with Crippen molar-refractivity contribution < 1.29 is 9.59 Å². The van der Waals surface area contributed by atoms with Gasteiger partial charge in [-0.25, -0.2) is 0 Å². The molecule has 0 radical (unpaired) electrons. The summed E-state index contributed by atoms with van der Waals surface area (Å²) in [5, 5.41) is 7.44. The fourth-order valence-corrected chi connectivity index (χ4v) is 2.58. The van der Waals surface area contributed by atoms with Crippen molar-refractivity contribution in [3.05, 3.63) is 17.5 Å². The van der Waals surface area contributed by atoms with Crippen molar-refractivity contribution >= 4 is 11.8 Å². The molecule has 102 valence electrons. The fraction of sp³-hybridized carbons (Fsp3) is 0.615. The van der Waals surface area contributed by atoms with Crippen molar-refractivity contribution in [3.8, 4) is 0 Å². The topological polar surface area (TPSA) is 67.2 Å². The van der Waals surface area contributed by atoms with Crippen LogP contribution in [0, 0.1) is 6.92 Å². The maximum Gasteiger partial charge on any atom is 0.247 e. The maximum absolute atomic E-state index is 12.1. The van der Waals surface area contributed by atoms with Gasteiger partial charge in [0.15, 0.2) is 0 Å². The number of aromatic nitrogens is 2. The number of carbonyl (C=O) groups is 2. The number of likely N-dealkylation sites (tertiary alicyclic amines) is 1. The van der Waals surface area contributed by atoms with Gasteiger partial charge in [-0.15, -0.1) is 0 Å². The first kappa shape index (κ1) is 12.3. The largest absolute Gasteiger partial charge is 0.301 e. The van der Waals surface area contributed by atoms with Gasteiger partial charge < -0.3 is 5.32 Å². The molecule has 1 aromatic heterocycles. The summed E-state index contributed by atoms with van der Waals surface area (Å²) >= 11 is 0. The van der Waals surface area contributed by atoms with Crippen LogP contribution in [0.3, 0.4) is 0 Å². The van der Waals surface area contributed by atoms with E-state index >= 15 is 0 Å². The molecule has 1 aromatic rings. The first-order chi connectivity index (χ1) is 9.06. The third-order valence-corrected chi connectivity index (χ3v) is 3.75. The second kappa shape index (κ2) is 4.45. The molecule has 19 heavy (non-hydrogen) atoms. The number of rotatable bonds is 4. The molecule has 2 fully saturated rings. The zero-order valence-electron chi connectivity index (χ0n) is 11.2. The molecule has 0 aromatic carbocycles. The Morgan fingerprint density at radius 3 is 2.74 bits per heavy atom. The van der Waals surface area contributed by atoms with E-state index in [1.54, 1.807) is 4.68 Å². The van der Waals surface area contributed by atoms with Crippen LogP contribution < -0.4 is 5.32 Å². The lowest BCUT2D eigenvalue weighted by Crippen LogP contribution is -2.39. The molecule has 2 amide bonds. The molecular formula is C13H18N4O2. The second-order valence-electron chi connectivity index (χ2n) is 5.38. The van der Waals surface area contributed by atoms with E-state index in [1.165, 1.54) is 4.90 Å². The Morgan fingerprint density at radius 1 is 1.42 bits per heavy atom. The number of hydrogen-bond acceptors (Lipinski definition) is 4. The summed E-state index contributed by atoms with van der Waals surface area (Å²) < 4.78 is 1.75. The molecule has 3 rings (SSSR count). The minimum Gasteiger partial charge on any atom is -0.301 e. The van der Waals surface area contributed by atoms with Crippen LogP contribution in [0.1, 0.15) is 30.5 Å². The van der Waals surface area contributed by atoms with Crippen LogP contribution in [0.2, 0.25) is 0 Å². The van der Waals surface area contributed by atoms with E-state index in [9.17, 15) is 9.59 Å². The zero-order chi connectivity index (χ0) is 13.6. The molecule has 1 N–H and O–H groups in total. The number of hydrogen-bond donors (Lipinski definition) is 1. The van der Waals surface area contributed by atoms with E-state index in [-0.39, 0.29) is 30.3 Å². The van der Waals surface area contributed by atoms with Gasteiger partial charge in [0.25, 0.3) is 0 Å². The first-order valence-corrected chi connectivity index (χ1v) is 6.64. The fourth-order valence-electron chi connectivity index (χ4n) is 2.58. The normalized spacial score (nSPS) is 23.5. The quantitative estimate of drug-likeness (QED) is 0.782. The standard InChI is InChI=1S/C13H18N4O2/c1-8-9(7-16(2)15-8)6-14-11-5-12(18)17(13(11)19)10-3-4-10/h7,10-11,14H,3-6H2,1-2H3. The highest BCUT2D eigenvalue weighted by molar-refractivity contribution is 6.06. The number of aryl methyl sites for hydroxylation is 2. The second-order valence-corrected chi connectivity index (χ2v) is 5.38. The van der Waals surface area contributed by atoms with Gasteiger partial charge in [-0.3, -0.25) is 19.2 Å². The van der Waals surface area contributed by atoms with E-state index < -0.39 is 0 Å². The molecule has 0 bridgehead atoms. The van der Waals surface area contributed by atoms with Crippen LogP contribution >= 0.6 is 0 Å². The Kier molecular flexibility index (Phi) is 2.89. The van der Waals surface area contributed by atoms with Crippen molar-refractivity contribution in [2.24, 2.45) is 7.05 Å². The van der Waals surface area contributed by atoms with Gasteiger partial charge in [-0.05, 0) is 19.8 Å². The molecule has 6 nitrogen and oxygen atoms in total. The van der Waals surface area contributed by atoms with Crippen molar-refractivity contribution in [2.45, 2.75) is 44.8 Å². The average molecular weight is 262 g/mol.